The molecule has 104 valence electrons. The molecule has 0 aliphatic carbocycles. The lowest BCUT2D eigenvalue weighted by Crippen LogP contribution is -2.40. The molecule has 19 heavy (non-hydrogen) atoms. The van der Waals surface area contributed by atoms with Crippen LogP contribution in [-0.2, 0) is 6.61 Å². The van der Waals surface area contributed by atoms with Crippen molar-refractivity contribution in [3.63, 3.8) is 0 Å². The number of nitro groups is 1. The predicted octanol–water partition coefficient (Wildman–Crippen LogP) is 2.71. The van der Waals surface area contributed by atoms with E-state index in [0.717, 1.165) is 25.2 Å². The maximum absolute atomic E-state index is 10.8. The fraction of sp³-hybridized carbons (Fsp3) is 0.571. The van der Waals surface area contributed by atoms with Crippen molar-refractivity contribution in [1.82, 2.24) is 0 Å². The molecule has 1 aromatic carbocycles. The van der Waals surface area contributed by atoms with Gasteiger partial charge in [0.05, 0.1) is 11.5 Å². The van der Waals surface area contributed by atoms with Crippen molar-refractivity contribution in [2.45, 2.75) is 33.3 Å². The molecule has 0 aromatic heterocycles. The van der Waals surface area contributed by atoms with Crippen LogP contribution in [0.1, 0.15) is 32.3 Å². The number of aliphatic hydroxyl groups excluding tert-OH is 1. The summed E-state index contributed by atoms with van der Waals surface area (Å²) in [7, 11) is 0. The fourth-order valence-electron chi connectivity index (χ4n) is 2.75. The zero-order valence-corrected chi connectivity index (χ0v) is 11.4. The zero-order valence-electron chi connectivity index (χ0n) is 11.4. The van der Waals surface area contributed by atoms with E-state index >= 15 is 0 Å². The van der Waals surface area contributed by atoms with Crippen LogP contribution < -0.4 is 4.90 Å². The molecule has 1 fully saturated rings. The molecule has 0 radical (unpaired) electrons. The average molecular weight is 264 g/mol. The number of benzene rings is 1. The summed E-state index contributed by atoms with van der Waals surface area (Å²) in [5.74, 6) is 0. The highest BCUT2D eigenvalue weighted by Gasteiger charge is 2.27. The molecular formula is C14H20N2O3. The molecule has 0 spiro atoms. The maximum Gasteiger partial charge on any atom is 0.269 e. The van der Waals surface area contributed by atoms with Gasteiger partial charge in [0.25, 0.3) is 5.69 Å². The molecule has 5 nitrogen and oxygen atoms in total. The van der Waals surface area contributed by atoms with Gasteiger partial charge in [0.2, 0.25) is 0 Å². The molecule has 0 bridgehead atoms. The van der Waals surface area contributed by atoms with Crippen molar-refractivity contribution in [2.24, 2.45) is 5.41 Å². The third kappa shape index (κ3) is 3.04. The van der Waals surface area contributed by atoms with Gasteiger partial charge in [0, 0.05) is 36.5 Å². The molecule has 1 aliphatic rings. The lowest BCUT2D eigenvalue weighted by atomic mass is 9.84. The van der Waals surface area contributed by atoms with Crippen LogP contribution in [-0.4, -0.2) is 23.1 Å². The van der Waals surface area contributed by atoms with E-state index < -0.39 is 4.92 Å². The minimum atomic E-state index is -0.427. The SMILES string of the molecule is CC1(C)CCCN(c2ccc([N+](=O)[O-])cc2CO)C1. The van der Waals surface area contributed by atoms with Crippen molar-refractivity contribution < 1.29 is 10.0 Å². The number of hydrogen-bond acceptors (Lipinski definition) is 4. The highest BCUT2D eigenvalue weighted by Crippen LogP contribution is 2.34. The Morgan fingerprint density at radius 3 is 2.79 bits per heavy atom. The van der Waals surface area contributed by atoms with Gasteiger partial charge in [-0.25, -0.2) is 0 Å². The van der Waals surface area contributed by atoms with Crippen LogP contribution in [0.3, 0.4) is 0 Å². The number of anilines is 1. The highest BCUT2D eigenvalue weighted by atomic mass is 16.6. The topological polar surface area (TPSA) is 66.6 Å². The number of hydrogen-bond donors (Lipinski definition) is 1. The van der Waals surface area contributed by atoms with Crippen LogP contribution in [0.25, 0.3) is 0 Å². The number of nitrogens with zero attached hydrogens (tertiary/aromatic N) is 2. The molecule has 5 heteroatoms. The van der Waals surface area contributed by atoms with Crippen LogP contribution in [0.15, 0.2) is 18.2 Å². The molecule has 1 aliphatic heterocycles. The first-order valence-electron chi connectivity index (χ1n) is 6.56. The third-order valence-electron chi connectivity index (χ3n) is 3.69. The third-order valence-corrected chi connectivity index (χ3v) is 3.69. The van der Waals surface area contributed by atoms with Gasteiger partial charge >= 0.3 is 0 Å². The number of non-ortho nitro benzene ring substituents is 1. The highest BCUT2D eigenvalue weighted by molar-refractivity contribution is 5.58. The number of rotatable bonds is 3. The summed E-state index contributed by atoms with van der Waals surface area (Å²) in [4.78, 5) is 12.6. The van der Waals surface area contributed by atoms with Crippen molar-refractivity contribution in [1.29, 1.82) is 0 Å². The van der Waals surface area contributed by atoms with Gasteiger partial charge in [-0.1, -0.05) is 13.8 Å². The Labute approximate surface area is 113 Å². The van der Waals surface area contributed by atoms with E-state index in [1.807, 2.05) is 0 Å². The average Bonchev–Trinajstić information content (AvgIpc) is 2.36. The molecular weight excluding hydrogens is 244 g/mol. The Morgan fingerprint density at radius 1 is 1.47 bits per heavy atom. The molecule has 0 saturated carbocycles. The zero-order chi connectivity index (χ0) is 14.0. The van der Waals surface area contributed by atoms with E-state index in [1.165, 1.54) is 18.6 Å². The van der Waals surface area contributed by atoms with Crippen LogP contribution in [0, 0.1) is 15.5 Å². The van der Waals surface area contributed by atoms with Crippen LogP contribution in [0.5, 0.6) is 0 Å². The second kappa shape index (κ2) is 5.17. The normalized spacial score (nSPS) is 18.4. The smallest absolute Gasteiger partial charge is 0.269 e. The summed E-state index contributed by atoms with van der Waals surface area (Å²) in [5, 5.41) is 20.2. The van der Waals surface area contributed by atoms with Crippen molar-refractivity contribution in [3.8, 4) is 0 Å². The molecule has 1 N–H and O–H groups in total. The first-order chi connectivity index (χ1) is 8.93. The van der Waals surface area contributed by atoms with Gasteiger partial charge in [-0.15, -0.1) is 0 Å². The minimum absolute atomic E-state index is 0.0315. The van der Waals surface area contributed by atoms with Crippen LogP contribution >= 0.6 is 0 Å². The van der Waals surface area contributed by atoms with Crippen molar-refractivity contribution >= 4 is 11.4 Å². The summed E-state index contributed by atoms with van der Waals surface area (Å²) in [5.41, 5.74) is 1.82. The van der Waals surface area contributed by atoms with E-state index in [9.17, 15) is 15.2 Å². The Morgan fingerprint density at radius 2 is 2.21 bits per heavy atom. The second-order valence-corrected chi connectivity index (χ2v) is 5.92. The van der Waals surface area contributed by atoms with E-state index in [0.29, 0.717) is 5.56 Å². The molecule has 0 amide bonds. The van der Waals surface area contributed by atoms with Crippen LogP contribution in [0.4, 0.5) is 11.4 Å². The van der Waals surface area contributed by atoms with E-state index in [2.05, 4.69) is 18.7 Å². The van der Waals surface area contributed by atoms with Gasteiger partial charge < -0.3 is 10.0 Å². The maximum atomic E-state index is 10.8. The molecule has 1 heterocycles. The van der Waals surface area contributed by atoms with E-state index in [1.54, 1.807) is 6.07 Å². The predicted molar refractivity (Wildman–Crippen MR) is 74.2 cm³/mol. The minimum Gasteiger partial charge on any atom is -0.392 e. The summed E-state index contributed by atoms with van der Waals surface area (Å²) >= 11 is 0. The Bertz CT molecular complexity index is 486. The lowest BCUT2D eigenvalue weighted by Gasteiger charge is -2.40. The van der Waals surface area contributed by atoms with Gasteiger partial charge in [-0.05, 0) is 24.3 Å². The van der Waals surface area contributed by atoms with Crippen molar-refractivity contribution in [2.75, 3.05) is 18.0 Å². The van der Waals surface area contributed by atoms with Gasteiger partial charge in [0.1, 0.15) is 0 Å². The second-order valence-electron chi connectivity index (χ2n) is 5.92. The molecule has 0 unspecified atom stereocenters. The lowest BCUT2D eigenvalue weighted by molar-refractivity contribution is -0.384. The Kier molecular flexibility index (Phi) is 3.75. The number of piperidine rings is 1. The molecule has 2 rings (SSSR count). The van der Waals surface area contributed by atoms with E-state index in [-0.39, 0.29) is 17.7 Å². The molecule has 0 atom stereocenters. The Hall–Kier alpha value is -1.62. The Balaban J connectivity index is 2.31. The summed E-state index contributed by atoms with van der Waals surface area (Å²) in [6.07, 6.45) is 2.29. The van der Waals surface area contributed by atoms with Crippen molar-refractivity contribution in [3.05, 3.63) is 33.9 Å². The summed E-state index contributed by atoms with van der Waals surface area (Å²) in [6, 6.07) is 4.73. The fourth-order valence-corrected chi connectivity index (χ4v) is 2.75. The monoisotopic (exact) mass is 264 g/mol. The summed E-state index contributed by atoms with van der Waals surface area (Å²) < 4.78 is 0. The van der Waals surface area contributed by atoms with Gasteiger partial charge in [0.15, 0.2) is 0 Å². The first-order valence-corrected chi connectivity index (χ1v) is 6.56. The van der Waals surface area contributed by atoms with E-state index in [4.69, 9.17) is 0 Å². The van der Waals surface area contributed by atoms with Gasteiger partial charge in [-0.3, -0.25) is 10.1 Å². The van der Waals surface area contributed by atoms with Crippen LogP contribution in [0.2, 0.25) is 0 Å². The number of nitro benzene ring substituents is 1. The quantitative estimate of drug-likeness (QED) is 0.673. The molecule has 1 saturated heterocycles. The molecule has 1 aromatic rings. The largest absolute Gasteiger partial charge is 0.392 e. The van der Waals surface area contributed by atoms with Gasteiger partial charge in [-0.2, -0.15) is 0 Å². The first kappa shape index (κ1) is 13.8. The summed E-state index contributed by atoms with van der Waals surface area (Å²) in [6.45, 7) is 6.13. The number of aliphatic hydroxyl groups is 1. The standard InChI is InChI=1S/C14H20N2O3/c1-14(2)6-3-7-15(10-14)13-5-4-12(16(18)19)8-11(13)9-17/h4-5,8,17H,3,6-7,9-10H2,1-2H3.